The number of benzene rings is 2. The van der Waals surface area contributed by atoms with E-state index >= 15 is 0 Å². The van der Waals surface area contributed by atoms with Crippen molar-refractivity contribution >= 4 is 16.0 Å². The van der Waals surface area contributed by atoms with Gasteiger partial charge < -0.3 is 19.3 Å². The van der Waals surface area contributed by atoms with Crippen molar-refractivity contribution in [2.45, 2.75) is 68.7 Å². The number of hydrogen-bond donors (Lipinski definition) is 1. The van der Waals surface area contributed by atoms with Crippen molar-refractivity contribution in [2.75, 3.05) is 26.8 Å². The topological polar surface area (TPSA) is 102 Å². The summed E-state index contributed by atoms with van der Waals surface area (Å²) in [7, 11) is -2.34. The van der Waals surface area contributed by atoms with E-state index in [-0.39, 0.29) is 42.4 Å². The molecule has 2 aromatic carbocycles. The first kappa shape index (κ1) is 29.0. The Bertz CT molecular complexity index is 1240. The van der Waals surface area contributed by atoms with Crippen LogP contribution in [0.25, 0.3) is 0 Å². The van der Waals surface area contributed by atoms with E-state index in [1.807, 2.05) is 37.3 Å². The zero-order chi connectivity index (χ0) is 28.3. The van der Waals surface area contributed by atoms with E-state index in [0.29, 0.717) is 43.1 Å². The lowest BCUT2D eigenvalue weighted by atomic mass is 9.86. The number of carbonyl (C=O) groups is 1. The summed E-state index contributed by atoms with van der Waals surface area (Å²) < 4.78 is 45.6. The van der Waals surface area contributed by atoms with E-state index in [2.05, 4.69) is 0 Å². The van der Waals surface area contributed by atoms with Crippen molar-refractivity contribution in [3.63, 3.8) is 0 Å². The van der Waals surface area contributed by atoms with E-state index in [4.69, 9.17) is 14.2 Å². The van der Waals surface area contributed by atoms with Crippen LogP contribution in [0.4, 0.5) is 0 Å². The van der Waals surface area contributed by atoms with Gasteiger partial charge in [0.2, 0.25) is 10.0 Å². The fourth-order valence-corrected chi connectivity index (χ4v) is 8.44. The predicted octanol–water partition coefficient (Wildman–Crippen LogP) is 4.06. The highest BCUT2D eigenvalue weighted by atomic mass is 32.2. The summed E-state index contributed by atoms with van der Waals surface area (Å²) in [5.74, 6) is 0.844. The zero-order valence-electron chi connectivity index (χ0n) is 23.4. The van der Waals surface area contributed by atoms with Crippen molar-refractivity contribution < 1.29 is 32.5 Å². The largest absolute Gasteiger partial charge is 0.497 e. The Morgan fingerprint density at radius 1 is 1.10 bits per heavy atom. The molecule has 1 heterocycles. The Labute approximate surface area is 237 Å². The molecule has 5 rings (SSSR count). The van der Waals surface area contributed by atoms with Gasteiger partial charge in [0.25, 0.3) is 0 Å². The van der Waals surface area contributed by atoms with E-state index in [1.54, 1.807) is 12.1 Å². The molecule has 218 valence electrons. The van der Waals surface area contributed by atoms with Gasteiger partial charge in [-0.2, -0.15) is 4.31 Å². The molecule has 0 spiro atoms. The fourth-order valence-electron chi connectivity index (χ4n) is 6.89. The number of aliphatic hydroxyl groups excluding tert-OH is 1. The van der Waals surface area contributed by atoms with Crippen LogP contribution in [0.2, 0.25) is 0 Å². The predicted molar refractivity (Wildman–Crippen MR) is 150 cm³/mol. The molecule has 3 aliphatic rings. The minimum atomic E-state index is -3.86. The Morgan fingerprint density at radius 2 is 1.85 bits per heavy atom. The number of esters is 1. The molecule has 40 heavy (non-hydrogen) atoms. The minimum absolute atomic E-state index is 0.0174. The molecule has 1 N–H and O–H groups in total. The van der Waals surface area contributed by atoms with E-state index in [0.717, 1.165) is 24.8 Å². The third kappa shape index (κ3) is 6.22. The van der Waals surface area contributed by atoms with E-state index in [1.165, 1.54) is 23.5 Å². The van der Waals surface area contributed by atoms with E-state index in [9.17, 15) is 18.3 Å². The number of sulfonamides is 1. The highest BCUT2D eigenvalue weighted by molar-refractivity contribution is 7.89. The minimum Gasteiger partial charge on any atom is -0.497 e. The molecule has 2 bridgehead atoms. The normalized spacial score (nSPS) is 26.9. The molecule has 7 atom stereocenters. The molecule has 2 aromatic rings. The fraction of sp³-hybridized carbons (Fsp3) is 0.581. The Hall–Kier alpha value is -2.46. The monoisotopic (exact) mass is 571 g/mol. The van der Waals surface area contributed by atoms with Crippen LogP contribution in [0, 0.1) is 23.7 Å². The molecule has 2 saturated carbocycles. The molecule has 0 radical (unpaired) electrons. The second-order valence-corrected chi connectivity index (χ2v) is 13.4. The van der Waals surface area contributed by atoms with Crippen molar-refractivity contribution in [3.8, 4) is 5.75 Å². The zero-order valence-corrected chi connectivity index (χ0v) is 24.2. The molecule has 0 amide bonds. The van der Waals surface area contributed by atoms with Gasteiger partial charge in [0.1, 0.15) is 11.9 Å². The van der Waals surface area contributed by atoms with Gasteiger partial charge in [-0.05, 0) is 73.8 Å². The van der Waals surface area contributed by atoms with Crippen molar-refractivity contribution in [3.05, 3.63) is 60.2 Å². The first-order valence-electron chi connectivity index (χ1n) is 14.5. The summed E-state index contributed by atoms with van der Waals surface area (Å²) in [5, 5.41) is 11.5. The number of aliphatic hydroxyl groups is 1. The summed E-state index contributed by atoms with van der Waals surface area (Å²) in [5.41, 5.74) is 0.975. The maximum Gasteiger partial charge on any atom is 0.306 e. The maximum atomic E-state index is 13.5. The average Bonchev–Trinajstić information content (AvgIpc) is 3.49. The van der Waals surface area contributed by atoms with Crippen LogP contribution < -0.4 is 4.74 Å². The highest BCUT2D eigenvalue weighted by Crippen LogP contribution is 2.52. The number of fused-ring (bicyclic) bond motifs is 1. The highest BCUT2D eigenvalue weighted by Gasteiger charge is 2.55. The van der Waals surface area contributed by atoms with Gasteiger partial charge in [0, 0.05) is 24.9 Å². The first-order chi connectivity index (χ1) is 19.3. The lowest BCUT2D eigenvalue weighted by Gasteiger charge is -2.30. The molecule has 2 aliphatic carbocycles. The Morgan fingerprint density at radius 3 is 2.55 bits per heavy atom. The number of hydrogen-bond acceptors (Lipinski definition) is 7. The summed E-state index contributed by atoms with van der Waals surface area (Å²) in [4.78, 5) is 13.5. The van der Waals surface area contributed by atoms with Crippen LogP contribution >= 0.6 is 0 Å². The molecule has 5 unspecified atom stereocenters. The second kappa shape index (κ2) is 12.6. The third-order valence-corrected chi connectivity index (χ3v) is 10.8. The van der Waals surface area contributed by atoms with Gasteiger partial charge in [-0.25, -0.2) is 8.42 Å². The smallest absolute Gasteiger partial charge is 0.306 e. The molecular formula is C31H41NO7S. The van der Waals surface area contributed by atoms with Gasteiger partial charge in [-0.1, -0.05) is 37.3 Å². The summed E-state index contributed by atoms with van der Waals surface area (Å²) >= 11 is 0. The molecule has 0 aromatic heterocycles. The number of methoxy groups -OCH3 is 1. The van der Waals surface area contributed by atoms with Crippen molar-refractivity contribution in [1.29, 1.82) is 0 Å². The van der Waals surface area contributed by atoms with Crippen LogP contribution in [-0.4, -0.2) is 68.9 Å². The molecule has 8 nitrogen and oxygen atoms in total. The summed E-state index contributed by atoms with van der Waals surface area (Å²) in [6.07, 6.45) is 3.25. The lowest BCUT2D eigenvalue weighted by Crippen LogP contribution is -2.42. The van der Waals surface area contributed by atoms with Crippen LogP contribution in [0.5, 0.6) is 5.75 Å². The van der Waals surface area contributed by atoms with Crippen molar-refractivity contribution in [2.24, 2.45) is 23.7 Å². The maximum absolute atomic E-state index is 13.5. The SMILES string of the molecule is CCCN(C[C@@H](O)[C@@H](CC(=O)OC1C2CCC3OCC1C3C2)Cc1ccccc1)S(=O)(=O)c1ccc(OC)cc1. The van der Waals surface area contributed by atoms with E-state index < -0.39 is 22.0 Å². The van der Waals surface area contributed by atoms with Crippen LogP contribution in [0.1, 0.15) is 44.6 Å². The third-order valence-electron chi connectivity index (χ3n) is 8.96. The van der Waals surface area contributed by atoms with Gasteiger partial charge in [0.05, 0.1) is 37.2 Å². The molecule has 9 heteroatoms. The van der Waals surface area contributed by atoms with Crippen LogP contribution in [-0.2, 0) is 30.7 Å². The lowest BCUT2D eigenvalue weighted by molar-refractivity contribution is -0.156. The Balaban J connectivity index is 1.31. The second-order valence-electron chi connectivity index (χ2n) is 11.5. The number of ether oxygens (including phenoxy) is 3. The molecular weight excluding hydrogens is 530 g/mol. The van der Waals surface area contributed by atoms with Crippen molar-refractivity contribution in [1.82, 2.24) is 4.31 Å². The van der Waals surface area contributed by atoms with Gasteiger partial charge in [-0.15, -0.1) is 0 Å². The van der Waals surface area contributed by atoms with Crippen LogP contribution in [0.15, 0.2) is 59.5 Å². The number of rotatable bonds is 13. The Kier molecular flexibility index (Phi) is 9.14. The summed E-state index contributed by atoms with van der Waals surface area (Å²) in [6.45, 7) is 2.69. The van der Waals surface area contributed by atoms with Gasteiger partial charge >= 0.3 is 5.97 Å². The quantitative estimate of drug-likeness (QED) is 0.362. The number of nitrogens with zero attached hydrogens (tertiary/aromatic N) is 1. The molecule has 1 saturated heterocycles. The summed E-state index contributed by atoms with van der Waals surface area (Å²) in [6, 6.07) is 15.9. The van der Waals surface area contributed by atoms with Gasteiger partial charge in [-0.3, -0.25) is 4.79 Å². The standard InChI is InChI=1S/C31H41NO7S/c1-3-15-32(40(35,36)25-12-10-24(37-2)11-13-25)19-28(33)23(16-21-7-5-4-6-8-21)18-30(34)39-31-22-9-14-29-26(17-22)27(31)20-38-29/h4-8,10-13,22-23,26-29,31,33H,3,9,14-20H2,1-2H3/t22?,23-,26?,27?,28-,29?,31?/m1/s1. The average molecular weight is 572 g/mol. The first-order valence-corrected chi connectivity index (χ1v) is 15.9. The molecule has 1 aliphatic heterocycles. The van der Waals surface area contributed by atoms with Gasteiger partial charge in [0.15, 0.2) is 0 Å². The molecule has 3 fully saturated rings. The van der Waals surface area contributed by atoms with Crippen LogP contribution in [0.3, 0.4) is 0 Å². The number of carbonyl (C=O) groups excluding carboxylic acids is 1.